The molecule has 0 atom stereocenters. The molecule has 0 saturated carbocycles. The highest BCUT2D eigenvalue weighted by molar-refractivity contribution is 8.03. The molecule has 2 aromatic rings. The minimum absolute atomic E-state index is 0.0176. The molecule has 1 N–H and O–H groups in total. The summed E-state index contributed by atoms with van der Waals surface area (Å²) in [6, 6.07) is 14.6. The molecule has 0 aliphatic carbocycles. The Labute approximate surface area is 261 Å². The first kappa shape index (κ1) is 34.1. The SMILES string of the molecule is CCCCCCCCCCCCCCOc1cc(C(C)(C)C)ccc1CC(=O)Nc1ccc(CN2C=C(C)SC2)cc1. The second-order valence-corrected chi connectivity index (χ2v) is 14.2. The van der Waals surface area contributed by atoms with Gasteiger partial charge < -0.3 is 15.0 Å². The summed E-state index contributed by atoms with van der Waals surface area (Å²) in [4.78, 5) is 16.7. The fourth-order valence-electron chi connectivity index (χ4n) is 5.34. The number of ether oxygens (including phenoxy) is 1. The molecule has 232 valence electrons. The van der Waals surface area contributed by atoms with Crippen LogP contribution in [0, 0.1) is 0 Å². The van der Waals surface area contributed by atoms with Crippen molar-refractivity contribution in [2.45, 2.75) is 130 Å². The number of hydrogen-bond acceptors (Lipinski definition) is 4. The van der Waals surface area contributed by atoms with Crippen LogP contribution in [-0.2, 0) is 23.2 Å². The molecule has 42 heavy (non-hydrogen) atoms. The number of carbonyl (C=O) groups is 1. The predicted molar refractivity (Wildman–Crippen MR) is 182 cm³/mol. The smallest absolute Gasteiger partial charge is 0.228 e. The van der Waals surface area contributed by atoms with Crippen LogP contribution in [0.3, 0.4) is 0 Å². The van der Waals surface area contributed by atoms with Crippen LogP contribution in [0.4, 0.5) is 5.69 Å². The third-order valence-corrected chi connectivity index (χ3v) is 9.01. The number of benzene rings is 2. The van der Waals surface area contributed by atoms with Crippen LogP contribution in [0.2, 0.25) is 0 Å². The molecular formula is C37H56N2O2S. The number of allylic oxidation sites excluding steroid dienone is 1. The first-order valence-corrected chi connectivity index (χ1v) is 17.4. The summed E-state index contributed by atoms with van der Waals surface area (Å²) in [7, 11) is 0. The molecule has 3 rings (SSSR count). The van der Waals surface area contributed by atoms with Crippen LogP contribution in [0.1, 0.15) is 128 Å². The van der Waals surface area contributed by atoms with Gasteiger partial charge in [-0.25, -0.2) is 0 Å². The average molecular weight is 593 g/mol. The van der Waals surface area contributed by atoms with Crippen LogP contribution in [0.15, 0.2) is 53.6 Å². The van der Waals surface area contributed by atoms with Crippen molar-refractivity contribution >= 4 is 23.4 Å². The van der Waals surface area contributed by atoms with Gasteiger partial charge in [0.05, 0.1) is 18.9 Å². The standard InChI is InChI=1S/C37H56N2O2S/c1-6-7-8-9-10-11-12-13-14-15-16-17-24-41-35-26-33(37(3,4)5)21-20-32(35)25-36(40)38-34-22-18-31(19-23-34)28-39-27-30(2)42-29-39/h18-23,26-27H,6-17,24-25,28-29H2,1-5H3,(H,38,40). The van der Waals surface area contributed by atoms with E-state index in [4.69, 9.17) is 4.74 Å². The first-order valence-electron chi connectivity index (χ1n) is 16.4. The number of carbonyl (C=O) groups excluding carboxylic acids is 1. The fraction of sp³-hybridized carbons (Fsp3) is 0.595. The molecule has 0 fully saturated rings. The van der Waals surface area contributed by atoms with E-state index in [2.05, 4.69) is 81.4 Å². The number of hydrogen-bond donors (Lipinski definition) is 1. The van der Waals surface area contributed by atoms with Gasteiger partial charge in [0, 0.05) is 24.0 Å². The Morgan fingerprint density at radius 2 is 1.50 bits per heavy atom. The molecule has 1 aliphatic heterocycles. The zero-order valence-electron chi connectivity index (χ0n) is 27.1. The Kier molecular flexibility index (Phi) is 14.9. The van der Waals surface area contributed by atoms with E-state index in [9.17, 15) is 4.79 Å². The summed E-state index contributed by atoms with van der Waals surface area (Å²) >= 11 is 1.87. The maximum Gasteiger partial charge on any atom is 0.228 e. The van der Waals surface area contributed by atoms with E-state index in [0.29, 0.717) is 13.0 Å². The number of anilines is 1. The molecule has 1 aliphatic rings. The molecule has 2 aromatic carbocycles. The lowest BCUT2D eigenvalue weighted by Crippen LogP contribution is -2.17. The molecule has 0 radical (unpaired) electrons. The van der Waals surface area contributed by atoms with Crippen LogP contribution in [-0.4, -0.2) is 23.3 Å². The van der Waals surface area contributed by atoms with E-state index in [0.717, 1.165) is 35.8 Å². The molecule has 4 nitrogen and oxygen atoms in total. The zero-order valence-corrected chi connectivity index (χ0v) is 27.9. The van der Waals surface area contributed by atoms with Gasteiger partial charge in [0.25, 0.3) is 0 Å². The van der Waals surface area contributed by atoms with Gasteiger partial charge in [0.1, 0.15) is 5.75 Å². The van der Waals surface area contributed by atoms with Gasteiger partial charge in [-0.1, -0.05) is 123 Å². The molecule has 0 aromatic heterocycles. The van der Waals surface area contributed by atoms with Crippen LogP contribution >= 0.6 is 11.8 Å². The Bertz CT molecular complexity index is 1100. The molecule has 1 heterocycles. The second-order valence-electron chi connectivity index (χ2n) is 13.0. The third kappa shape index (κ3) is 12.9. The predicted octanol–water partition coefficient (Wildman–Crippen LogP) is 10.6. The minimum Gasteiger partial charge on any atom is -0.493 e. The molecule has 0 bridgehead atoms. The fourth-order valence-corrected chi connectivity index (χ4v) is 6.10. The van der Waals surface area contributed by atoms with Crippen LogP contribution < -0.4 is 10.1 Å². The van der Waals surface area contributed by atoms with Crippen molar-refractivity contribution in [3.8, 4) is 5.75 Å². The van der Waals surface area contributed by atoms with Crippen molar-refractivity contribution in [2.24, 2.45) is 0 Å². The molecule has 5 heteroatoms. The number of amides is 1. The molecule has 1 amide bonds. The molecular weight excluding hydrogens is 536 g/mol. The Morgan fingerprint density at radius 3 is 2.07 bits per heavy atom. The molecule has 0 saturated heterocycles. The van der Waals surface area contributed by atoms with Gasteiger partial charge in [0.2, 0.25) is 5.91 Å². The van der Waals surface area contributed by atoms with Gasteiger partial charge in [-0.15, -0.1) is 11.8 Å². The number of unbranched alkanes of at least 4 members (excludes halogenated alkanes) is 11. The van der Waals surface area contributed by atoms with Crippen molar-refractivity contribution in [1.82, 2.24) is 4.90 Å². The van der Waals surface area contributed by atoms with Gasteiger partial charge in [-0.2, -0.15) is 0 Å². The number of thioether (sulfide) groups is 1. The Balaban J connectivity index is 1.43. The number of rotatable bonds is 19. The minimum atomic E-state index is -0.0176. The van der Waals surface area contributed by atoms with Crippen LogP contribution in [0.25, 0.3) is 0 Å². The largest absolute Gasteiger partial charge is 0.493 e. The number of nitrogens with one attached hydrogen (secondary N) is 1. The summed E-state index contributed by atoms with van der Waals surface area (Å²) in [6.45, 7) is 12.7. The van der Waals surface area contributed by atoms with Crippen molar-refractivity contribution in [3.05, 3.63) is 70.3 Å². The van der Waals surface area contributed by atoms with Crippen molar-refractivity contribution < 1.29 is 9.53 Å². The summed E-state index contributed by atoms with van der Waals surface area (Å²) in [5.74, 6) is 1.83. The van der Waals surface area contributed by atoms with Crippen molar-refractivity contribution in [1.29, 1.82) is 0 Å². The highest BCUT2D eigenvalue weighted by Crippen LogP contribution is 2.30. The topological polar surface area (TPSA) is 41.6 Å². The summed E-state index contributed by atoms with van der Waals surface area (Å²) < 4.78 is 6.31. The van der Waals surface area contributed by atoms with E-state index < -0.39 is 0 Å². The lowest BCUT2D eigenvalue weighted by atomic mass is 9.86. The lowest BCUT2D eigenvalue weighted by Gasteiger charge is -2.21. The number of nitrogens with zero attached hydrogens (tertiary/aromatic N) is 1. The normalized spacial score (nSPS) is 13.4. The van der Waals surface area contributed by atoms with Crippen molar-refractivity contribution in [2.75, 3.05) is 17.8 Å². The Hall–Kier alpha value is -2.40. The van der Waals surface area contributed by atoms with Gasteiger partial charge >= 0.3 is 0 Å². The monoisotopic (exact) mass is 592 g/mol. The summed E-state index contributed by atoms with van der Waals surface area (Å²) in [6.07, 6.45) is 18.5. The third-order valence-electron chi connectivity index (χ3n) is 7.99. The average Bonchev–Trinajstić information content (AvgIpc) is 3.36. The quantitative estimate of drug-likeness (QED) is 0.165. The van der Waals surface area contributed by atoms with Gasteiger partial charge in [-0.3, -0.25) is 4.79 Å². The van der Waals surface area contributed by atoms with E-state index in [1.807, 2.05) is 23.9 Å². The summed E-state index contributed by atoms with van der Waals surface area (Å²) in [5.41, 5.74) is 4.28. The van der Waals surface area contributed by atoms with E-state index in [1.54, 1.807) is 0 Å². The Morgan fingerprint density at radius 1 is 0.881 bits per heavy atom. The molecule has 0 unspecified atom stereocenters. The molecule has 0 spiro atoms. The van der Waals surface area contributed by atoms with Gasteiger partial charge in [0.15, 0.2) is 0 Å². The lowest BCUT2D eigenvalue weighted by molar-refractivity contribution is -0.115. The second kappa shape index (κ2) is 18.3. The van der Waals surface area contributed by atoms with Crippen LogP contribution in [0.5, 0.6) is 5.75 Å². The van der Waals surface area contributed by atoms with Crippen molar-refractivity contribution in [3.63, 3.8) is 0 Å². The van der Waals surface area contributed by atoms with E-state index >= 15 is 0 Å². The first-order chi connectivity index (χ1) is 20.2. The highest BCUT2D eigenvalue weighted by atomic mass is 32.2. The van der Waals surface area contributed by atoms with E-state index in [1.165, 1.54) is 86.7 Å². The highest BCUT2D eigenvalue weighted by Gasteiger charge is 2.18. The maximum absolute atomic E-state index is 13.0. The van der Waals surface area contributed by atoms with Gasteiger partial charge in [-0.05, 0) is 53.0 Å². The summed E-state index contributed by atoms with van der Waals surface area (Å²) in [5, 5.41) is 3.08. The van der Waals surface area contributed by atoms with E-state index in [-0.39, 0.29) is 11.3 Å². The maximum atomic E-state index is 13.0. The zero-order chi connectivity index (χ0) is 30.2.